The first kappa shape index (κ1) is 13.0. The second kappa shape index (κ2) is 5.94. The van der Waals surface area contributed by atoms with E-state index in [0.717, 1.165) is 24.4 Å². The maximum absolute atomic E-state index is 5.83. The summed E-state index contributed by atoms with van der Waals surface area (Å²) in [6.07, 6.45) is 5.97. The quantitative estimate of drug-likeness (QED) is 0.878. The molecule has 1 heterocycles. The van der Waals surface area contributed by atoms with Gasteiger partial charge in [-0.25, -0.2) is 4.98 Å². The Balaban J connectivity index is 2.23. The van der Waals surface area contributed by atoms with Crippen molar-refractivity contribution in [2.75, 3.05) is 13.7 Å². The van der Waals surface area contributed by atoms with Crippen LogP contribution >= 0.6 is 11.3 Å². The molecule has 3 nitrogen and oxygen atoms in total. The predicted octanol–water partition coefficient (Wildman–Crippen LogP) is 3.01. The van der Waals surface area contributed by atoms with Crippen LogP contribution < -0.4 is 5.73 Å². The molecule has 0 fully saturated rings. The van der Waals surface area contributed by atoms with Gasteiger partial charge in [-0.3, -0.25) is 0 Å². The van der Waals surface area contributed by atoms with Crippen LogP contribution in [0, 0.1) is 0 Å². The zero-order valence-electron chi connectivity index (χ0n) is 10.7. The summed E-state index contributed by atoms with van der Waals surface area (Å²) >= 11 is 1.84. The summed E-state index contributed by atoms with van der Waals surface area (Å²) in [5.74, 6) is 0.475. The van der Waals surface area contributed by atoms with Gasteiger partial charge in [-0.15, -0.1) is 11.3 Å². The van der Waals surface area contributed by atoms with Gasteiger partial charge in [0.15, 0.2) is 0 Å². The first-order valence-corrected chi connectivity index (χ1v) is 7.34. The van der Waals surface area contributed by atoms with Crippen molar-refractivity contribution < 1.29 is 4.74 Å². The van der Waals surface area contributed by atoms with Crippen LogP contribution in [0.25, 0.3) is 0 Å². The Labute approximate surface area is 107 Å². The van der Waals surface area contributed by atoms with Crippen LogP contribution in [0.5, 0.6) is 0 Å². The lowest BCUT2D eigenvalue weighted by Crippen LogP contribution is -2.17. The smallest absolute Gasteiger partial charge is 0.122 e. The van der Waals surface area contributed by atoms with Gasteiger partial charge in [-0.2, -0.15) is 0 Å². The van der Waals surface area contributed by atoms with Gasteiger partial charge < -0.3 is 10.5 Å². The fourth-order valence-corrected chi connectivity index (χ4v) is 3.80. The third kappa shape index (κ3) is 2.69. The van der Waals surface area contributed by atoms with Crippen molar-refractivity contribution in [2.45, 2.75) is 51.0 Å². The van der Waals surface area contributed by atoms with E-state index in [1.807, 2.05) is 11.3 Å². The van der Waals surface area contributed by atoms with Gasteiger partial charge in [0.1, 0.15) is 11.1 Å². The number of nitrogens with two attached hydrogens (primary N) is 1. The van der Waals surface area contributed by atoms with Crippen LogP contribution in [0.15, 0.2) is 0 Å². The molecular weight excluding hydrogens is 232 g/mol. The molecule has 0 radical (unpaired) electrons. The van der Waals surface area contributed by atoms with E-state index in [1.54, 1.807) is 7.11 Å². The van der Waals surface area contributed by atoms with Crippen molar-refractivity contribution in [3.8, 4) is 0 Å². The number of nitrogens with zero attached hydrogens (tertiary/aromatic N) is 1. The number of rotatable bonds is 5. The van der Waals surface area contributed by atoms with Crippen LogP contribution in [0.1, 0.15) is 60.2 Å². The topological polar surface area (TPSA) is 48.1 Å². The van der Waals surface area contributed by atoms with Crippen molar-refractivity contribution >= 4 is 11.3 Å². The lowest BCUT2D eigenvalue weighted by Gasteiger charge is -2.18. The van der Waals surface area contributed by atoms with Crippen molar-refractivity contribution in [1.82, 2.24) is 4.98 Å². The van der Waals surface area contributed by atoms with Crippen molar-refractivity contribution in [3.05, 3.63) is 15.6 Å². The van der Waals surface area contributed by atoms with Crippen molar-refractivity contribution in [1.29, 1.82) is 0 Å². The Morgan fingerprint density at radius 1 is 1.59 bits per heavy atom. The summed E-state index contributed by atoms with van der Waals surface area (Å²) in [5.41, 5.74) is 7.09. The Morgan fingerprint density at radius 2 is 2.41 bits per heavy atom. The second-order valence-corrected chi connectivity index (χ2v) is 5.81. The van der Waals surface area contributed by atoms with Crippen LogP contribution in [-0.2, 0) is 11.2 Å². The first-order chi connectivity index (χ1) is 8.30. The summed E-state index contributed by atoms with van der Waals surface area (Å²) in [6.45, 7) is 2.91. The molecule has 0 amide bonds. The summed E-state index contributed by atoms with van der Waals surface area (Å²) in [4.78, 5) is 6.25. The zero-order valence-corrected chi connectivity index (χ0v) is 11.6. The molecule has 4 heteroatoms. The van der Waals surface area contributed by atoms with Crippen LogP contribution in [0.4, 0.5) is 0 Å². The number of thiazole rings is 1. The van der Waals surface area contributed by atoms with Crippen LogP contribution in [-0.4, -0.2) is 18.6 Å². The minimum Gasteiger partial charge on any atom is -0.374 e. The molecule has 2 rings (SSSR count). The highest BCUT2D eigenvalue weighted by atomic mass is 32.1. The highest BCUT2D eigenvalue weighted by Crippen LogP contribution is 2.37. The van der Waals surface area contributed by atoms with Gasteiger partial charge in [-0.1, -0.05) is 13.3 Å². The van der Waals surface area contributed by atoms with E-state index in [2.05, 4.69) is 6.92 Å². The van der Waals surface area contributed by atoms with Crippen molar-refractivity contribution in [3.63, 3.8) is 0 Å². The molecule has 0 spiro atoms. The van der Waals surface area contributed by atoms with E-state index in [-0.39, 0.29) is 6.10 Å². The minimum atomic E-state index is 0.175. The number of hydrogen-bond donors (Lipinski definition) is 1. The Bertz CT molecular complexity index is 364. The summed E-state index contributed by atoms with van der Waals surface area (Å²) in [6, 6.07) is 0. The third-order valence-corrected chi connectivity index (χ3v) is 4.71. The normalized spacial score (nSPS) is 21.2. The zero-order chi connectivity index (χ0) is 12.3. The Hall–Kier alpha value is -0.450. The number of methoxy groups -OCH3 is 1. The standard InChI is InChI=1S/C13H22N2OS/c1-3-5-10(16-2)13-15-12-9(8-14)6-4-7-11(12)17-13/h9-10H,3-8,14H2,1-2H3. The van der Waals surface area contributed by atoms with Crippen LogP contribution in [0.2, 0.25) is 0 Å². The highest BCUT2D eigenvalue weighted by molar-refractivity contribution is 7.11. The average molecular weight is 254 g/mol. The summed E-state index contributed by atoms with van der Waals surface area (Å²) in [7, 11) is 1.78. The van der Waals surface area contributed by atoms with Gasteiger partial charge >= 0.3 is 0 Å². The van der Waals surface area contributed by atoms with Crippen LogP contribution in [0.3, 0.4) is 0 Å². The molecule has 2 atom stereocenters. The van der Waals surface area contributed by atoms with Gasteiger partial charge in [0.2, 0.25) is 0 Å². The van der Waals surface area contributed by atoms with Gasteiger partial charge in [0.25, 0.3) is 0 Å². The molecule has 1 aliphatic carbocycles. The lowest BCUT2D eigenvalue weighted by atomic mass is 9.91. The molecule has 1 aromatic rings. The summed E-state index contributed by atoms with van der Waals surface area (Å²) < 4.78 is 5.54. The molecule has 0 aliphatic heterocycles. The number of hydrogen-bond acceptors (Lipinski definition) is 4. The van der Waals surface area contributed by atoms with E-state index in [9.17, 15) is 0 Å². The number of fused-ring (bicyclic) bond motifs is 1. The second-order valence-electron chi connectivity index (χ2n) is 4.70. The molecule has 96 valence electrons. The molecular formula is C13H22N2OS. The highest BCUT2D eigenvalue weighted by Gasteiger charge is 2.25. The fraction of sp³-hybridized carbons (Fsp3) is 0.769. The molecule has 1 aromatic heterocycles. The van der Waals surface area contributed by atoms with Gasteiger partial charge in [0, 0.05) is 24.4 Å². The molecule has 0 bridgehead atoms. The molecule has 17 heavy (non-hydrogen) atoms. The monoisotopic (exact) mass is 254 g/mol. The third-order valence-electron chi connectivity index (χ3n) is 3.48. The summed E-state index contributed by atoms with van der Waals surface area (Å²) in [5, 5.41) is 1.15. The van der Waals surface area contributed by atoms with E-state index in [0.29, 0.717) is 5.92 Å². The predicted molar refractivity (Wildman–Crippen MR) is 71.5 cm³/mol. The number of ether oxygens (including phenoxy) is 1. The van der Waals surface area contributed by atoms with E-state index in [1.165, 1.54) is 29.8 Å². The van der Waals surface area contributed by atoms with E-state index in [4.69, 9.17) is 15.5 Å². The SMILES string of the molecule is CCCC(OC)c1nc2c(s1)CCCC2CN. The van der Waals surface area contributed by atoms with E-state index >= 15 is 0 Å². The number of aromatic nitrogens is 1. The maximum Gasteiger partial charge on any atom is 0.122 e. The fourth-order valence-electron chi connectivity index (χ4n) is 2.50. The maximum atomic E-state index is 5.83. The van der Waals surface area contributed by atoms with Crippen molar-refractivity contribution in [2.24, 2.45) is 5.73 Å². The first-order valence-electron chi connectivity index (χ1n) is 6.52. The van der Waals surface area contributed by atoms with E-state index < -0.39 is 0 Å². The molecule has 1 aliphatic rings. The molecule has 2 unspecified atom stereocenters. The largest absolute Gasteiger partial charge is 0.374 e. The molecule has 0 saturated heterocycles. The molecule has 0 aromatic carbocycles. The number of aryl methyl sites for hydroxylation is 1. The lowest BCUT2D eigenvalue weighted by molar-refractivity contribution is 0.0946. The average Bonchev–Trinajstić information content (AvgIpc) is 2.79. The van der Waals surface area contributed by atoms with Gasteiger partial charge in [0.05, 0.1) is 5.69 Å². The van der Waals surface area contributed by atoms with Gasteiger partial charge in [-0.05, 0) is 25.7 Å². The minimum absolute atomic E-state index is 0.175. The Morgan fingerprint density at radius 3 is 3.06 bits per heavy atom. The molecule has 2 N–H and O–H groups in total. The molecule has 0 saturated carbocycles. The Kier molecular flexibility index (Phi) is 4.54.